The molecule has 1 aromatic heterocycles. The Kier molecular flexibility index (Phi) is 38.6. The van der Waals surface area contributed by atoms with Crippen LogP contribution in [-0.4, -0.2) is 232 Å². The third-order valence-corrected chi connectivity index (χ3v) is 26.8. The molecule has 0 radical (unpaired) electrons. The van der Waals surface area contributed by atoms with E-state index in [0.29, 0.717) is 78.9 Å². The van der Waals surface area contributed by atoms with Crippen molar-refractivity contribution in [2.75, 3.05) is 33.2 Å². The molecule has 0 aliphatic carbocycles. The number of guanidine groups is 1. The Labute approximate surface area is 865 Å². The molecule has 7 aromatic carbocycles. The van der Waals surface area contributed by atoms with Crippen LogP contribution in [0, 0.1) is 32.1 Å². The number of carboxylic acids is 1. The lowest BCUT2D eigenvalue weighted by atomic mass is 9.77. The van der Waals surface area contributed by atoms with Gasteiger partial charge in [0.2, 0.25) is 59.1 Å². The molecule has 10 atom stereocenters. The van der Waals surface area contributed by atoms with E-state index in [-0.39, 0.29) is 56.5 Å². The Balaban J connectivity index is 0.943. The number of para-hydroxylation sites is 1. The van der Waals surface area contributed by atoms with Crippen molar-refractivity contribution in [2.24, 2.45) is 11.7 Å². The summed E-state index contributed by atoms with van der Waals surface area (Å²) < 4.78 is 62.2. The lowest BCUT2D eigenvalue weighted by Gasteiger charge is -2.37. The molecule has 16 N–H and O–H groups in total. The Morgan fingerprint density at radius 1 is 0.568 bits per heavy atom. The molecule has 3 heterocycles. The summed E-state index contributed by atoms with van der Waals surface area (Å²) in [4.78, 5) is 194. The molecule has 39 heteroatoms. The van der Waals surface area contributed by atoms with Gasteiger partial charge in [0, 0.05) is 69.4 Å². The number of amides is 12. The summed E-state index contributed by atoms with van der Waals surface area (Å²) in [5.41, 5.74) is 10.3. The molecule has 38 nitrogen and oxygen atoms in total. The zero-order chi connectivity index (χ0) is 109. The standard InChI is InChI=1S/C109H145N17O21S/c1-64(2)53-80(94(131)115-79(93(130)118-84(100(137)138)56-71-62-126(103(140)147-107(16,17)18)85-47-35-34-45-77(71)85)46-36-52-112-101(111)124(21)148(141,142)92-66(4)65(3)91-78(67(92)5)59-108(19,20)146-91)119-102(139)123-122-96(133)81(54-69-37-26-22-27-38-69)117-98(135)90(68(6)143-104(7,8)9)120-95(132)82(58-87(127)121-109(72-39-28-23-29-40-72,73-41-30-24-31-42-73)74-43-32-25-33-44-74)116-97(134)86-57-76(145-106(13,14)15)63-125(86)99(136)83(114-89(129)61-113-88(128)60-110)55-70-48-50-75(51-49-70)144-105(10,11)12/h22-35,37-45,47-51,62,64,68,76,79-84,86,90H,36,46,52-61,63,110H2,1-21H3,(H2,111,112)(H,113,128)(H,114,129)(H,115,131)(H,116,134)(H,117,135)(H,118,130)(H,120,132)(H,121,127)(H,122,133)(H,137,138)(H2,119,123,139)/t68-,76-,79+,80+,81+,82+,83-,84+,86+,90+/m1/s1. The van der Waals surface area contributed by atoms with E-state index < -0.39 is 219 Å². The average molecular weight is 2060 g/mol. The van der Waals surface area contributed by atoms with Gasteiger partial charge in [-0.1, -0.05) is 166 Å². The zero-order valence-corrected chi connectivity index (χ0v) is 89.0. The minimum absolute atomic E-state index is 0.00217. The number of benzene rings is 7. The first-order valence-corrected chi connectivity index (χ1v) is 51.1. The second-order valence-electron chi connectivity index (χ2n) is 42.5. The van der Waals surface area contributed by atoms with Crippen molar-refractivity contribution in [3.63, 3.8) is 0 Å². The molecule has 2 aliphatic rings. The molecule has 798 valence electrons. The van der Waals surface area contributed by atoms with Gasteiger partial charge in [0.15, 0.2) is 0 Å². The second kappa shape index (κ2) is 49.5. The third-order valence-electron chi connectivity index (χ3n) is 24.8. The van der Waals surface area contributed by atoms with Gasteiger partial charge in [-0.2, -0.15) is 0 Å². The van der Waals surface area contributed by atoms with Crippen molar-refractivity contribution in [3.8, 4) is 11.5 Å². The maximum Gasteiger partial charge on any atom is 0.419 e. The number of nitrogens with two attached hydrogens (primary N) is 1. The van der Waals surface area contributed by atoms with Crippen molar-refractivity contribution in [1.82, 2.24) is 77.8 Å². The number of urea groups is 1. The molecule has 1 saturated heterocycles. The predicted octanol–water partition coefficient (Wildman–Crippen LogP) is 9.19. The van der Waals surface area contributed by atoms with Crippen molar-refractivity contribution in [3.05, 3.63) is 232 Å². The number of nitrogens with one attached hydrogen (secondary N) is 13. The van der Waals surface area contributed by atoms with E-state index in [9.17, 15) is 42.3 Å². The number of carbonyl (C=O) groups is 13. The summed E-state index contributed by atoms with van der Waals surface area (Å²) in [6.07, 6.45) is -3.60. The number of sulfonamides is 1. The Morgan fingerprint density at radius 3 is 1.68 bits per heavy atom. The summed E-state index contributed by atoms with van der Waals surface area (Å²) in [6, 6.07) is 34.4. The fourth-order valence-electron chi connectivity index (χ4n) is 18.1. The normalized spacial score (nSPS) is 15.7. The van der Waals surface area contributed by atoms with Crippen molar-refractivity contribution in [1.29, 1.82) is 5.41 Å². The topological polar surface area (TPSA) is 528 Å². The molecule has 12 amide bonds. The van der Waals surface area contributed by atoms with Crippen LogP contribution in [0.25, 0.3) is 10.9 Å². The Bertz CT molecular complexity index is 6120. The van der Waals surface area contributed by atoms with Gasteiger partial charge in [0.1, 0.15) is 82.2 Å². The van der Waals surface area contributed by atoms with E-state index >= 15 is 33.6 Å². The van der Waals surface area contributed by atoms with Crippen LogP contribution in [0.3, 0.4) is 0 Å². The SMILES string of the molecule is Cc1c(C)c(S(=O)(=O)N(C)C(=N)NCCC[C@H](NC(=O)[C@H](CC(C)C)NC(=O)NNC(=O)[C@H](Cc2ccccc2)NC(=O)[C@@H](NC(=O)[C@H](CC(=O)NC(c2ccccc2)(c2ccccc2)c2ccccc2)NC(=O)[C@@H]2C[C@@H](OC(C)(C)C)CN2C(=O)[C@@H](Cc2ccc(OC(C)(C)C)cc2)NC(=O)CNC(=O)CN)[C@@H](C)OC(C)(C)C)C(=O)N[C@@H](Cc2cn(C(=O)OC(C)(C)C)c3ccccc23)C(=O)O)c(C)c2c1OC(C)(C)C2. The smallest absolute Gasteiger partial charge is 0.419 e. The molecular weight excluding hydrogens is 1920 g/mol. The average Bonchev–Trinajstić information content (AvgIpc) is 1.49. The van der Waals surface area contributed by atoms with E-state index in [2.05, 4.69) is 64.0 Å². The monoisotopic (exact) mass is 2060 g/mol. The van der Waals surface area contributed by atoms with E-state index in [1.165, 1.54) is 29.6 Å². The van der Waals surface area contributed by atoms with Crippen LogP contribution in [0.5, 0.6) is 11.5 Å². The number of hydrogen-bond donors (Lipinski definition) is 15. The van der Waals surface area contributed by atoms with Crippen LogP contribution < -0.4 is 79.2 Å². The van der Waals surface area contributed by atoms with Crippen LogP contribution in [-0.2, 0) is 108 Å². The molecule has 2 aliphatic heterocycles. The first kappa shape index (κ1) is 116. The number of fused-ring (bicyclic) bond motifs is 2. The largest absolute Gasteiger partial charge is 0.488 e. The number of carboxylic acid groups (broad SMARTS) is 1. The zero-order valence-electron chi connectivity index (χ0n) is 88.2. The van der Waals surface area contributed by atoms with Gasteiger partial charge in [-0.15, -0.1) is 0 Å². The van der Waals surface area contributed by atoms with E-state index in [1.807, 2.05) is 71.0 Å². The summed E-state index contributed by atoms with van der Waals surface area (Å²) in [5, 5.41) is 47.8. The number of ether oxygens (including phenoxy) is 5. The van der Waals surface area contributed by atoms with Gasteiger partial charge in [0.05, 0.1) is 53.3 Å². The highest BCUT2D eigenvalue weighted by Gasteiger charge is 2.48. The minimum atomic E-state index is -4.42. The number of nitrogens with zero attached hydrogens (tertiary/aromatic N) is 3. The fraction of sp³-hybridized carbons (Fsp3) is 0.468. The van der Waals surface area contributed by atoms with Gasteiger partial charge in [-0.05, 0) is 218 Å². The second-order valence-corrected chi connectivity index (χ2v) is 44.4. The lowest BCUT2D eigenvalue weighted by Crippen LogP contribution is -2.63. The van der Waals surface area contributed by atoms with Crippen molar-refractivity contribution < 1.29 is 99.5 Å². The molecule has 0 spiro atoms. The summed E-state index contributed by atoms with van der Waals surface area (Å²) >= 11 is 0. The molecule has 0 bridgehead atoms. The van der Waals surface area contributed by atoms with Crippen LogP contribution in [0.4, 0.5) is 9.59 Å². The maximum atomic E-state index is 16.2. The van der Waals surface area contributed by atoms with Crippen molar-refractivity contribution >= 4 is 104 Å². The first-order valence-electron chi connectivity index (χ1n) is 49.6. The molecule has 10 rings (SSSR count). The summed E-state index contributed by atoms with van der Waals surface area (Å²) in [7, 11) is -3.20. The Hall–Kier alpha value is -14.3. The molecule has 0 saturated carbocycles. The number of rotatable bonds is 42. The highest BCUT2D eigenvalue weighted by Crippen LogP contribution is 2.45. The number of hydrogen-bond acceptors (Lipinski definition) is 22. The third kappa shape index (κ3) is 31.6. The van der Waals surface area contributed by atoms with Gasteiger partial charge in [-0.25, -0.2) is 32.5 Å². The van der Waals surface area contributed by atoms with Gasteiger partial charge < -0.3 is 92.6 Å². The number of carbonyl (C=O) groups excluding carboxylic acids is 12. The number of hydrazine groups is 1. The van der Waals surface area contributed by atoms with E-state index in [4.69, 9.17) is 34.8 Å². The molecule has 8 aromatic rings. The minimum Gasteiger partial charge on any atom is -0.488 e. The van der Waals surface area contributed by atoms with Crippen LogP contribution in [0.2, 0.25) is 0 Å². The predicted molar refractivity (Wildman–Crippen MR) is 558 cm³/mol. The van der Waals surface area contributed by atoms with E-state index in [1.54, 1.807) is 230 Å². The van der Waals surface area contributed by atoms with Crippen LogP contribution in [0.15, 0.2) is 181 Å². The number of aromatic nitrogens is 1. The number of aliphatic carboxylic acids is 1. The lowest BCUT2D eigenvalue weighted by molar-refractivity contribution is -0.143. The van der Waals surface area contributed by atoms with E-state index in [0.717, 1.165) is 9.87 Å². The van der Waals surface area contributed by atoms with Crippen LogP contribution in [0.1, 0.15) is 205 Å². The molecule has 0 unspecified atom stereocenters. The molecule has 1 fully saturated rings. The Morgan fingerprint density at radius 2 is 1.11 bits per heavy atom. The highest BCUT2D eigenvalue weighted by atomic mass is 32.2. The first-order chi connectivity index (χ1) is 69.3. The summed E-state index contributed by atoms with van der Waals surface area (Å²) in [6.45, 7) is 33.4. The molecular formula is C109H145N17O21S. The number of likely N-dealkylation sites (tertiary alicyclic amines) is 1. The van der Waals surface area contributed by atoms with Gasteiger partial charge in [0.25, 0.3) is 15.9 Å². The highest BCUT2D eigenvalue weighted by molar-refractivity contribution is 7.89. The van der Waals surface area contributed by atoms with Crippen LogP contribution >= 0.6 is 0 Å². The fourth-order valence-corrected chi connectivity index (χ4v) is 19.7. The van der Waals surface area contributed by atoms with Gasteiger partial charge in [-0.3, -0.25) is 63.3 Å². The summed E-state index contributed by atoms with van der Waals surface area (Å²) in [5.74, 6) is -10.7. The quantitative estimate of drug-likeness (QED) is 0.00557. The van der Waals surface area contributed by atoms with Gasteiger partial charge >= 0.3 is 18.1 Å². The van der Waals surface area contributed by atoms with Crippen molar-refractivity contribution in [2.45, 2.75) is 295 Å². The maximum absolute atomic E-state index is 16.2. The molecule has 148 heavy (non-hydrogen) atoms.